The van der Waals surface area contributed by atoms with E-state index in [-0.39, 0.29) is 29.9 Å². The average molecular weight is 285 g/mol. The van der Waals surface area contributed by atoms with Gasteiger partial charge in [0.1, 0.15) is 5.82 Å². The second kappa shape index (κ2) is 5.28. The highest BCUT2D eigenvalue weighted by Crippen LogP contribution is 2.18. The molecule has 1 saturated heterocycles. The Morgan fingerprint density at radius 2 is 2.11 bits per heavy atom. The van der Waals surface area contributed by atoms with E-state index in [0.717, 1.165) is 0 Å². The summed E-state index contributed by atoms with van der Waals surface area (Å²) < 4.78 is 36.2. The molecule has 0 aromatic heterocycles. The summed E-state index contributed by atoms with van der Waals surface area (Å²) in [4.78, 5) is 13.5. The molecule has 0 spiro atoms. The van der Waals surface area contributed by atoms with Crippen LogP contribution in [0, 0.1) is 5.82 Å². The van der Waals surface area contributed by atoms with Gasteiger partial charge in [-0.2, -0.15) is 0 Å². The van der Waals surface area contributed by atoms with Crippen molar-refractivity contribution in [1.29, 1.82) is 0 Å². The number of likely N-dealkylation sites (N-methyl/N-ethyl adjacent to an activating group) is 1. The number of nitrogens with zero attached hydrogens (tertiary/aromatic N) is 1. The minimum atomic E-state index is -3.02. The first kappa shape index (κ1) is 14.0. The Balaban J connectivity index is 2.03. The van der Waals surface area contributed by atoms with Gasteiger partial charge in [0.2, 0.25) is 5.91 Å². The zero-order valence-corrected chi connectivity index (χ0v) is 11.5. The van der Waals surface area contributed by atoms with Crippen LogP contribution < -0.4 is 0 Å². The number of amides is 1. The number of halogens is 1. The largest absolute Gasteiger partial charge is 0.341 e. The van der Waals surface area contributed by atoms with Gasteiger partial charge in [0, 0.05) is 13.1 Å². The second-order valence-corrected chi connectivity index (χ2v) is 7.06. The third-order valence-electron chi connectivity index (χ3n) is 3.45. The predicted octanol–water partition coefficient (Wildman–Crippen LogP) is 1.01. The monoisotopic (exact) mass is 285 g/mol. The first-order valence-corrected chi connectivity index (χ1v) is 7.91. The smallest absolute Gasteiger partial charge is 0.227 e. The third-order valence-corrected chi connectivity index (χ3v) is 5.20. The lowest BCUT2D eigenvalue weighted by Crippen LogP contribution is -2.38. The van der Waals surface area contributed by atoms with E-state index in [1.807, 2.05) is 0 Å². The Hall–Kier alpha value is -1.43. The van der Waals surface area contributed by atoms with Gasteiger partial charge in [0.15, 0.2) is 9.84 Å². The lowest BCUT2D eigenvalue weighted by atomic mass is 10.1. The summed E-state index contributed by atoms with van der Waals surface area (Å²) in [6, 6.07) is 5.82. The summed E-state index contributed by atoms with van der Waals surface area (Å²) in [7, 11) is -1.44. The Morgan fingerprint density at radius 3 is 2.68 bits per heavy atom. The fourth-order valence-corrected chi connectivity index (χ4v) is 3.99. The van der Waals surface area contributed by atoms with Crippen molar-refractivity contribution < 1.29 is 17.6 Å². The van der Waals surface area contributed by atoms with Gasteiger partial charge in [-0.05, 0) is 18.1 Å². The van der Waals surface area contributed by atoms with Crippen molar-refractivity contribution in [3.63, 3.8) is 0 Å². The Labute approximate surface area is 112 Å². The maximum absolute atomic E-state index is 13.4. The van der Waals surface area contributed by atoms with Crippen LogP contribution in [0.25, 0.3) is 0 Å². The molecule has 6 heteroatoms. The van der Waals surface area contributed by atoms with Crippen molar-refractivity contribution in [2.75, 3.05) is 18.6 Å². The van der Waals surface area contributed by atoms with E-state index in [0.29, 0.717) is 12.0 Å². The van der Waals surface area contributed by atoms with Crippen molar-refractivity contribution in [1.82, 2.24) is 4.90 Å². The van der Waals surface area contributed by atoms with Gasteiger partial charge in [-0.3, -0.25) is 4.79 Å². The summed E-state index contributed by atoms with van der Waals surface area (Å²) in [6.45, 7) is 0. The van der Waals surface area contributed by atoms with Gasteiger partial charge < -0.3 is 4.90 Å². The fraction of sp³-hybridized carbons (Fsp3) is 0.462. The van der Waals surface area contributed by atoms with Crippen LogP contribution >= 0.6 is 0 Å². The summed E-state index contributed by atoms with van der Waals surface area (Å²) in [6.07, 6.45) is 0.418. The van der Waals surface area contributed by atoms with Crippen LogP contribution in [0.1, 0.15) is 12.0 Å². The molecule has 1 aliphatic heterocycles. The van der Waals surface area contributed by atoms with E-state index in [4.69, 9.17) is 0 Å². The van der Waals surface area contributed by atoms with Crippen LogP contribution in [0.4, 0.5) is 4.39 Å². The minimum Gasteiger partial charge on any atom is -0.341 e. The van der Waals surface area contributed by atoms with Gasteiger partial charge in [-0.25, -0.2) is 12.8 Å². The molecule has 0 bridgehead atoms. The summed E-state index contributed by atoms with van der Waals surface area (Å²) in [5.41, 5.74) is 0.334. The van der Waals surface area contributed by atoms with E-state index in [2.05, 4.69) is 0 Å². The molecule has 1 aliphatic rings. The number of benzene rings is 1. The molecule has 1 unspecified atom stereocenters. The highest BCUT2D eigenvalue weighted by molar-refractivity contribution is 7.91. The SMILES string of the molecule is CN(C(=O)Cc1ccccc1F)C1CCS(=O)(=O)C1. The standard InChI is InChI=1S/C13H16FNO3S/c1-15(11-6-7-19(17,18)9-11)13(16)8-10-4-2-3-5-12(10)14/h2-5,11H,6-9H2,1H3. The Morgan fingerprint density at radius 1 is 1.42 bits per heavy atom. The van der Waals surface area contributed by atoms with Gasteiger partial charge in [-0.15, -0.1) is 0 Å². The number of carbonyl (C=O) groups is 1. The second-order valence-electron chi connectivity index (χ2n) is 4.83. The van der Waals surface area contributed by atoms with Gasteiger partial charge in [0.05, 0.1) is 17.9 Å². The van der Waals surface area contributed by atoms with Crippen LogP contribution in [0.2, 0.25) is 0 Å². The van der Waals surface area contributed by atoms with E-state index in [1.54, 1.807) is 25.2 Å². The number of hydrogen-bond donors (Lipinski definition) is 0. The van der Waals surface area contributed by atoms with Crippen molar-refractivity contribution >= 4 is 15.7 Å². The minimum absolute atomic E-state index is 0.00646. The molecule has 1 amide bonds. The quantitative estimate of drug-likeness (QED) is 0.833. The summed E-state index contributed by atoms with van der Waals surface area (Å²) >= 11 is 0. The van der Waals surface area contributed by atoms with Gasteiger partial charge in [-0.1, -0.05) is 18.2 Å². The molecular weight excluding hydrogens is 269 g/mol. The Bertz CT molecular complexity index is 585. The van der Waals surface area contributed by atoms with Crippen LogP contribution in [-0.2, 0) is 21.1 Å². The molecular formula is C13H16FNO3S. The van der Waals surface area contributed by atoms with Crippen LogP contribution in [0.3, 0.4) is 0 Å². The zero-order chi connectivity index (χ0) is 14.0. The number of rotatable bonds is 3. The molecule has 1 heterocycles. The molecule has 104 valence electrons. The molecule has 0 radical (unpaired) electrons. The Kier molecular flexibility index (Phi) is 3.89. The van der Waals surface area contributed by atoms with E-state index < -0.39 is 15.7 Å². The predicted molar refractivity (Wildman–Crippen MR) is 69.9 cm³/mol. The number of sulfone groups is 1. The molecule has 0 saturated carbocycles. The number of carbonyl (C=O) groups excluding carboxylic acids is 1. The molecule has 0 N–H and O–H groups in total. The average Bonchev–Trinajstić information content (AvgIpc) is 2.71. The van der Waals surface area contributed by atoms with Gasteiger partial charge >= 0.3 is 0 Å². The molecule has 0 aliphatic carbocycles. The maximum atomic E-state index is 13.4. The first-order valence-electron chi connectivity index (χ1n) is 6.08. The molecule has 19 heavy (non-hydrogen) atoms. The molecule has 1 fully saturated rings. The van der Waals surface area contributed by atoms with Crippen LogP contribution in [0.5, 0.6) is 0 Å². The third kappa shape index (κ3) is 3.32. The van der Waals surface area contributed by atoms with Crippen molar-refractivity contribution in [2.24, 2.45) is 0 Å². The van der Waals surface area contributed by atoms with Crippen LogP contribution in [-0.4, -0.2) is 43.8 Å². The first-order chi connectivity index (χ1) is 8.89. The van der Waals surface area contributed by atoms with E-state index >= 15 is 0 Å². The fourth-order valence-electron chi connectivity index (χ4n) is 2.21. The summed E-state index contributed by atoms with van der Waals surface area (Å²) in [5.74, 6) is -0.544. The van der Waals surface area contributed by atoms with Gasteiger partial charge in [0.25, 0.3) is 0 Å². The number of hydrogen-bond acceptors (Lipinski definition) is 3. The zero-order valence-electron chi connectivity index (χ0n) is 10.7. The van der Waals surface area contributed by atoms with Crippen molar-refractivity contribution in [2.45, 2.75) is 18.9 Å². The van der Waals surface area contributed by atoms with Crippen molar-refractivity contribution in [3.8, 4) is 0 Å². The molecule has 1 aromatic carbocycles. The molecule has 1 aromatic rings. The normalized spacial score (nSPS) is 21.3. The maximum Gasteiger partial charge on any atom is 0.227 e. The molecule has 1 atom stereocenters. The molecule has 4 nitrogen and oxygen atoms in total. The van der Waals surface area contributed by atoms with E-state index in [1.165, 1.54) is 11.0 Å². The van der Waals surface area contributed by atoms with Crippen LogP contribution in [0.15, 0.2) is 24.3 Å². The molecule has 2 rings (SSSR count). The lowest BCUT2D eigenvalue weighted by molar-refractivity contribution is -0.130. The highest BCUT2D eigenvalue weighted by Gasteiger charge is 2.32. The van der Waals surface area contributed by atoms with Crippen molar-refractivity contribution in [3.05, 3.63) is 35.6 Å². The lowest BCUT2D eigenvalue weighted by Gasteiger charge is -2.23. The highest BCUT2D eigenvalue weighted by atomic mass is 32.2. The summed E-state index contributed by atoms with van der Waals surface area (Å²) in [5, 5.41) is 0. The van der Waals surface area contributed by atoms with E-state index in [9.17, 15) is 17.6 Å². The topological polar surface area (TPSA) is 54.5 Å².